The van der Waals surface area contributed by atoms with E-state index >= 15 is 0 Å². The normalized spacial score (nSPS) is 18.0. The van der Waals surface area contributed by atoms with Crippen LogP contribution in [0, 0.1) is 5.92 Å². The predicted octanol–water partition coefficient (Wildman–Crippen LogP) is 5.46. The summed E-state index contributed by atoms with van der Waals surface area (Å²) in [5.74, 6) is 1.15. The van der Waals surface area contributed by atoms with Gasteiger partial charge in [-0.15, -0.1) is 0 Å². The van der Waals surface area contributed by atoms with E-state index in [0.717, 1.165) is 55.0 Å². The van der Waals surface area contributed by atoms with Gasteiger partial charge in [-0.3, -0.25) is 4.79 Å². The molecular formula is C26H27N5O. The van der Waals surface area contributed by atoms with Crippen molar-refractivity contribution in [3.05, 3.63) is 77.5 Å². The van der Waals surface area contributed by atoms with Crippen LogP contribution >= 0.6 is 0 Å². The van der Waals surface area contributed by atoms with Crippen LogP contribution < -0.4 is 10.6 Å². The Labute approximate surface area is 188 Å². The van der Waals surface area contributed by atoms with Crippen molar-refractivity contribution in [1.29, 1.82) is 0 Å². The first kappa shape index (κ1) is 20.4. The Kier molecular flexibility index (Phi) is 5.43. The zero-order valence-electron chi connectivity index (χ0n) is 18.2. The van der Waals surface area contributed by atoms with E-state index < -0.39 is 5.91 Å². The molecule has 2 aliphatic heterocycles. The molecule has 0 aliphatic carbocycles. The number of piperidine rings is 1. The lowest BCUT2D eigenvalue weighted by atomic mass is 9.85. The van der Waals surface area contributed by atoms with E-state index in [4.69, 9.17) is 5.73 Å². The largest absolute Gasteiger partial charge is 0.366 e. The van der Waals surface area contributed by atoms with Gasteiger partial charge in [0.2, 0.25) is 5.91 Å². The van der Waals surface area contributed by atoms with Crippen LogP contribution in [0.5, 0.6) is 0 Å². The molecule has 5 rings (SSSR count). The molecule has 0 saturated carbocycles. The van der Waals surface area contributed by atoms with Crippen molar-refractivity contribution in [3.8, 4) is 11.1 Å². The van der Waals surface area contributed by atoms with Crippen molar-refractivity contribution < 1.29 is 4.79 Å². The molecule has 1 saturated heterocycles. The fourth-order valence-corrected chi connectivity index (χ4v) is 4.68. The fraction of sp³-hybridized carbons (Fsp3) is 0.308. The van der Waals surface area contributed by atoms with Crippen LogP contribution in [0.1, 0.15) is 47.3 Å². The molecular weight excluding hydrogens is 398 g/mol. The Morgan fingerprint density at radius 1 is 1.03 bits per heavy atom. The van der Waals surface area contributed by atoms with Gasteiger partial charge in [0.15, 0.2) is 0 Å². The molecule has 0 spiro atoms. The Morgan fingerprint density at radius 2 is 1.78 bits per heavy atom. The maximum atomic E-state index is 11.3. The summed E-state index contributed by atoms with van der Waals surface area (Å²) in [5, 5.41) is 9.16. The first-order valence-electron chi connectivity index (χ1n) is 11.3. The van der Waals surface area contributed by atoms with Gasteiger partial charge in [0.1, 0.15) is 11.9 Å². The van der Waals surface area contributed by atoms with Gasteiger partial charge in [-0.25, -0.2) is 4.98 Å². The van der Waals surface area contributed by atoms with E-state index in [9.17, 15) is 4.79 Å². The predicted molar refractivity (Wildman–Crippen MR) is 126 cm³/mol. The van der Waals surface area contributed by atoms with Gasteiger partial charge in [0.05, 0.1) is 5.69 Å². The summed E-state index contributed by atoms with van der Waals surface area (Å²) in [4.78, 5) is 18.3. The number of aromatic nitrogens is 1. The summed E-state index contributed by atoms with van der Waals surface area (Å²) in [6.07, 6.45) is 5.16. The van der Waals surface area contributed by atoms with Crippen molar-refractivity contribution in [2.75, 3.05) is 18.0 Å². The van der Waals surface area contributed by atoms with Crippen molar-refractivity contribution in [1.82, 2.24) is 4.98 Å². The van der Waals surface area contributed by atoms with E-state index in [0.29, 0.717) is 11.5 Å². The summed E-state index contributed by atoms with van der Waals surface area (Å²) in [5.41, 5.74) is 11.4. The lowest BCUT2D eigenvalue weighted by Crippen LogP contribution is -2.35. The monoisotopic (exact) mass is 425 g/mol. The van der Waals surface area contributed by atoms with Gasteiger partial charge >= 0.3 is 0 Å². The van der Waals surface area contributed by atoms with E-state index in [1.807, 2.05) is 18.3 Å². The maximum absolute atomic E-state index is 11.3. The number of fused-ring (bicyclic) bond motifs is 1. The van der Waals surface area contributed by atoms with Gasteiger partial charge in [0, 0.05) is 30.4 Å². The second-order valence-corrected chi connectivity index (χ2v) is 8.58. The van der Waals surface area contributed by atoms with Crippen LogP contribution in [0.15, 0.2) is 71.0 Å². The highest BCUT2D eigenvalue weighted by Crippen LogP contribution is 2.45. The Bertz CT molecular complexity index is 1150. The number of rotatable bonds is 5. The summed E-state index contributed by atoms with van der Waals surface area (Å²) in [6.45, 7) is 4.14. The highest BCUT2D eigenvalue weighted by molar-refractivity contribution is 5.93. The Hall–Kier alpha value is -3.54. The number of carbonyl (C=O) groups excluding carboxylic acids is 1. The molecule has 162 valence electrons. The molecule has 2 aromatic carbocycles. The number of hydrogen-bond donors (Lipinski definition) is 1. The minimum absolute atomic E-state index is 0.133. The second kappa shape index (κ2) is 8.54. The zero-order valence-corrected chi connectivity index (χ0v) is 18.2. The molecule has 1 fully saturated rings. The first-order valence-corrected chi connectivity index (χ1v) is 11.3. The standard InChI is InChI=1S/C26H27N5O/c1-2-17-3-10-24(28-16-17)31-13-11-19(12-14-31)25-22-9-8-21(15-23(22)29-30-25)18-4-6-20(7-5-18)26(27)32/h3-10,15-16,19,25H,2,11-14H2,1H3,(H2,27,32). The van der Waals surface area contributed by atoms with Crippen molar-refractivity contribution in [2.24, 2.45) is 21.9 Å². The van der Waals surface area contributed by atoms with E-state index in [1.54, 1.807) is 12.1 Å². The van der Waals surface area contributed by atoms with Crippen LogP contribution in [0.25, 0.3) is 11.1 Å². The number of primary amides is 1. The van der Waals surface area contributed by atoms with Gasteiger partial charge in [-0.05, 0) is 66.1 Å². The number of benzene rings is 2. The van der Waals surface area contributed by atoms with Crippen molar-refractivity contribution in [3.63, 3.8) is 0 Å². The minimum atomic E-state index is -0.415. The molecule has 6 heteroatoms. The number of pyridine rings is 1. The molecule has 1 unspecified atom stereocenters. The van der Waals surface area contributed by atoms with Crippen molar-refractivity contribution in [2.45, 2.75) is 32.2 Å². The summed E-state index contributed by atoms with van der Waals surface area (Å²) < 4.78 is 0. The molecule has 1 aromatic heterocycles. The lowest BCUT2D eigenvalue weighted by Gasteiger charge is -2.34. The summed E-state index contributed by atoms with van der Waals surface area (Å²) in [6, 6.07) is 18.2. The van der Waals surface area contributed by atoms with Crippen LogP contribution in [0.4, 0.5) is 11.5 Å². The molecule has 1 amide bonds. The average Bonchev–Trinajstić information content (AvgIpc) is 3.27. The minimum Gasteiger partial charge on any atom is -0.366 e. The third-order valence-corrected chi connectivity index (χ3v) is 6.67. The molecule has 0 bridgehead atoms. The number of nitrogens with zero attached hydrogens (tertiary/aromatic N) is 4. The lowest BCUT2D eigenvalue weighted by molar-refractivity contribution is 0.100. The van der Waals surface area contributed by atoms with E-state index in [2.05, 4.69) is 57.4 Å². The van der Waals surface area contributed by atoms with Crippen molar-refractivity contribution >= 4 is 17.4 Å². The Balaban J connectivity index is 1.27. The third-order valence-electron chi connectivity index (χ3n) is 6.67. The van der Waals surface area contributed by atoms with Gasteiger partial charge in [-0.2, -0.15) is 10.2 Å². The fourth-order valence-electron chi connectivity index (χ4n) is 4.68. The molecule has 2 N–H and O–H groups in total. The molecule has 3 heterocycles. The molecule has 2 aliphatic rings. The number of carbonyl (C=O) groups is 1. The van der Waals surface area contributed by atoms with Gasteiger partial charge < -0.3 is 10.6 Å². The number of azo groups is 1. The number of aryl methyl sites for hydroxylation is 1. The Morgan fingerprint density at radius 3 is 2.44 bits per heavy atom. The average molecular weight is 426 g/mol. The smallest absolute Gasteiger partial charge is 0.248 e. The topological polar surface area (TPSA) is 83.9 Å². The van der Waals surface area contributed by atoms with E-state index in [1.165, 1.54) is 11.1 Å². The highest BCUT2D eigenvalue weighted by Gasteiger charge is 2.32. The van der Waals surface area contributed by atoms with Gasteiger partial charge in [-0.1, -0.05) is 37.3 Å². The van der Waals surface area contributed by atoms with Crippen LogP contribution in [0.3, 0.4) is 0 Å². The third kappa shape index (κ3) is 3.88. The van der Waals surface area contributed by atoms with Crippen LogP contribution in [0.2, 0.25) is 0 Å². The van der Waals surface area contributed by atoms with Gasteiger partial charge in [0.25, 0.3) is 0 Å². The first-order chi connectivity index (χ1) is 15.6. The summed E-state index contributed by atoms with van der Waals surface area (Å²) >= 11 is 0. The number of amides is 1. The quantitative estimate of drug-likeness (QED) is 0.589. The van der Waals surface area contributed by atoms with Crippen LogP contribution in [-0.2, 0) is 6.42 Å². The number of hydrogen-bond acceptors (Lipinski definition) is 5. The molecule has 6 nitrogen and oxygen atoms in total. The summed E-state index contributed by atoms with van der Waals surface area (Å²) in [7, 11) is 0. The molecule has 1 atom stereocenters. The van der Waals surface area contributed by atoms with Crippen LogP contribution in [-0.4, -0.2) is 24.0 Å². The SMILES string of the molecule is CCc1ccc(N2CCC(C3N=Nc4cc(-c5ccc(C(N)=O)cc5)ccc43)CC2)nc1. The van der Waals surface area contributed by atoms with E-state index in [-0.39, 0.29) is 6.04 Å². The highest BCUT2D eigenvalue weighted by atomic mass is 16.1. The maximum Gasteiger partial charge on any atom is 0.248 e. The molecule has 32 heavy (non-hydrogen) atoms. The second-order valence-electron chi connectivity index (χ2n) is 8.58. The number of nitrogens with two attached hydrogens (primary N) is 1. The molecule has 0 radical (unpaired) electrons. The molecule has 3 aromatic rings. The number of anilines is 1. The zero-order chi connectivity index (χ0) is 22.1.